The van der Waals surface area contributed by atoms with E-state index in [0.29, 0.717) is 17.0 Å². The second-order valence-corrected chi connectivity index (χ2v) is 10.2. The second-order valence-electron chi connectivity index (χ2n) is 9.28. The van der Waals surface area contributed by atoms with Gasteiger partial charge < -0.3 is 9.84 Å². The molecule has 3 aromatic rings. The van der Waals surface area contributed by atoms with Crippen LogP contribution in [-0.4, -0.2) is 23.9 Å². The van der Waals surface area contributed by atoms with Crippen LogP contribution in [0.25, 0.3) is 5.76 Å². The van der Waals surface area contributed by atoms with Gasteiger partial charge in [-0.3, -0.25) is 14.5 Å². The molecule has 0 radical (unpaired) electrons. The van der Waals surface area contributed by atoms with Crippen LogP contribution in [0.2, 0.25) is 0 Å². The minimum Gasteiger partial charge on any atom is -0.507 e. The fraction of sp³-hybridized carbons (Fsp3) is 0.259. The molecule has 0 bridgehead atoms. The van der Waals surface area contributed by atoms with Gasteiger partial charge in [0.15, 0.2) is 0 Å². The number of benzene rings is 2. The highest BCUT2D eigenvalue weighted by molar-refractivity contribution is 7.10. The van der Waals surface area contributed by atoms with Gasteiger partial charge in [-0.2, -0.15) is 0 Å². The van der Waals surface area contributed by atoms with Crippen molar-refractivity contribution in [1.82, 2.24) is 0 Å². The molecule has 2 aromatic carbocycles. The molecule has 0 saturated carbocycles. The summed E-state index contributed by atoms with van der Waals surface area (Å²) in [6.07, 6.45) is 0. The van der Waals surface area contributed by atoms with E-state index in [9.17, 15) is 19.1 Å². The number of anilines is 1. The van der Waals surface area contributed by atoms with Crippen LogP contribution in [-0.2, 0) is 15.0 Å². The average Bonchev–Trinajstić information content (AvgIpc) is 3.33. The van der Waals surface area contributed by atoms with E-state index in [1.54, 1.807) is 25.3 Å². The monoisotopic (exact) mass is 479 g/mol. The molecule has 7 heteroatoms. The molecule has 1 aliphatic heterocycles. The van der Waals surface area contributed by atoms with E-state index in [0.717, 1.165) is 16.0 Å². The highest BCUT2D eigenvalue weighted by atomic mass is 32.1. The maximum atomic E-state index is 13.6. The average molecular weight is 480 g/mol. The SMILES string of the molecule is COc1ccc(/C(O)=C2/C(=O)C(=O)N(c3ccc(F)cc3)C2c2sccc2C)cc1C(C)(C)C. The van der Waals surface area contributed by atoms with Gasteiger partial charge in [0, 0.05) is 21.7 Å². The van der Waals surface area contributed by atoms with Gasteiger partial charge in [0.25, 0.3) is 11.7 Å². The first kappa shape index (κ1) is 23.7. The maximum absolute atomic E-state index is 13.6. The summed E-state index contributed by atoms with van der Waals surface area (Å²) < 4.78 is 19.1. The molecule has 1 amide bonds. The first-order valence-electron chi connectivity index (χ1n) is 10.8. The van der Waals surface area contributed by atoms with Crippen LogP contribution in [0, 0.1) is 12.7 Å². The minimum absolute atomic E-state index is 0.00454. The normalized spacial score (nSPS) is 17.9. The van der Waals surface area contributed by atoms with Gasteiger partial charge in [-0.25, -0.2) is 4.39 Å². The number of aryl methyl sites for hydroxylation is 1. The van der Waals surface area contributed by atoms with Crippen LogP contribution in [0.5, 0.6) is 5.75 Å². The highest BCUT2D eigenvalue weighted by Gasteiger charge is 2.48. The Labute approximate surface area is 202 Å². The van der Waals surface area contributed by atoms with E-state index in [1.165, 1.54) is 40.5 Å². The van der Waals surface area contributed by atoms with Crippen molar-refractivity contribution in [2.45, 2.75) is 39.2 Å². The lowest BCUT2D eigenvalue weighted by atomic mass is 9.84. The summed E-state index contributed by atoms with van der Waals surface area (Å²) in [6, 6.07) is 11.7. The zero-order valence-corrected chi connectivity index (χ0v) is 20.5. The Morgan fingerprint density at radius 2 is 1.76 bits per heavy atom. The molecular formula is C27H26FNO4S. The summed E-state index contributed by atoms with van der Waals surface area (Å²) in [4.78, 5) is 28.6. The third-order valence-electron chi connectivity index (χ3n) is 5.98. The van der Waals surface area contributed by atoms with Gasteiger partial charge in [0.05, 0.1) is 12.7 Å². The Kier molecular flexibility index (Phi) is 6.08. The van der Waals surface area contributed by atoms with Crippen LogP contribution in [0.1, 0.15) is 48.4 Å². The third kappa shape index (κ3) is 4.01. The molecule has 0 aliphatic carbocycles. The van der Waals surface area contributed by atoms with Crippen molar-refractivity contribution in [3.63, 3.8) is 0 Å². The predicted molar refractivity (Wildman–Crippen MR) is 132 cm³/mol. The number of nitrogens with zero attached hydrogens (tertiary/aromatic N) is 1. The largest absolute Gasteiger partial charge is 0.507 e. The number of hydrogen-bond acceptors (Lipinski definition) is 5. The number of aliphatic hydroxyl groups excluding tert-OH is 1. The summed E-state index contributed by atoms with van der Waals surface area (Å²) in [7, 11) is 1.58. The van der Waals surface area contributed by atoms with E-state index in [-0.39, 0.29) is 16.7 Å². The molecule has 0 spiro atoms. The van der Waals surface area contributed by atoms with Crippen molar-refractivity contribution in [3.8, 4) is 5.75 Å². The molecule has 176 valence electrons. The number of halogens is 1. The van der Waals surface area contributed by atoms with E-state index in [2.05, 4.69) is 0 Å². The zero-order chi connectivity index (χ0) is 24.8. The Bertz CT molecular complexity index is 1300. The number of thiophene rings is 1. The molecule has 34 heavy (non-hydrogen) atoms. The van der Waals surface area contributed by atoms with Gasteiger partial charge in [0.1, 0.15) is 23.4 Å². The minimum atomic E-state index is -0.828. The molecular weight excluding hydrogens is 453 g/mol. The summed E-state index contributed by atoms with van der Waals surface area (Å²) in [5.74, 6) is -1.59. The molecule has 5 nitrogen and oxygen atoms in total. The van der Waals surface area contributed by atoms with Crippen LogP contribution in [0.4, 0.5) is 10.1 Å². The van der Waals surface area contributed by atoms with E-state index in [4.69, 9.17) is 4.74 Å². The Hall–Kier alpha value is -3.45. The summed E-state index contributed by atoms with van der Waals surface area (Å²) in [5, 5.41) is 13.3. The highest BCUT2D eigenvalue weighted by Crippen LogP contribution is 2.45. The van der Waals surface area contributed by atoms with Crippen molar-refractivity contribution >= 4 is 34.5 Å². The molecule has 4 rings (SSSR count). The van der Waals surface area contributed by atoms with Gasteiger partial charge in [-0.1, -0.05) is 20.8 Å². The zero-order valence-electron chi connectivity index (χ0n) is 19.7. The number of amides is 1. The second kappa shape index (κ2) is 8.72. The number of Topliss-reactive ketones (excluding diaryl/α,β-unsaturated/α-hetero) is 1. The standard InChI is InChI=1S/C27H26FNO4S/c1-15-12-13-34-25(15)22-21(24(31)26(32)29(22)18-9-7-17(28)8-10-18)23(30)16-6-11-20(33-5)19(14-16)27(2,3)4/h6-14,22,30H,1-5H3/b23-21-. The van der Waals surface area contributed by atoms with E-state index < -0.39 is 23.5 Å². The molecule has 1 fully saturated rings. The van der Waals surface area contributed by atoms with Crippen LogP contribution in [0.3, 0.4) is 0 Å². The number of carbonyl (C=O) groups excluding carboxylic acids is 2. The molecule has 1 aromatic heterocycles. The van der Waals surface area contributed by atoms with E-state index in [1.807, 2.05) is 39.1 Å². The van der Waals surface area contributed by atoms with Crippen molar-refractivity contribution in [2.75, 3.05) is 12.0 Å². The predicted octanol–water partition coefficient (Wildman–Crippen LogP) is 6.13. The van der Waals surface area contributed by atoms with Crippen molar-refractivity contribution in [3.05, 3.63) is 86.9 Å². The lowest BCUT2D eigenvalue weighted by molar-refractivity contribution is -0.132. The Morgan fingerprint density at radius 1 is 1.09 bits per heavy atom. The van der Waals surface area contributed by atoms with Crippen molar-refractivity contribution in [1.29, 1.82) is 0 Å². The summed E-state index contributed by atoms with van der Waals surface area (Å²) in [6.45, 7) is 7.97. The smallest absolute Gasteiger partial charge is 0.300 e. The number of carbonyl (C=O) groups is 2. The number of methoxy groups -OCH3 is 1. The van der Waals surface area contributed by atoms with Crippen molar-refractivity contribution < 1.29 is 23.8 Å². The lowest BCUT2D eigenvalue weighted by Gasteiger charge is -2.25. The molecule has 1 N–H and O–H groups in total. The maximum Gasteiger partial charge on any atom is 0.300 e. The number of ketones is 1. The van der Waals surface area contributed by atoms with Crippen LogP contribution >= 0.6 is 11.3 Å². The fourth-order valence-corrected chi connectivity index (χ4v) is 5.23. The lowest BCUT2D eigenvalue weighted by Crippen LogP contribution is -2.29. The van der Waals surface area contributed by atoms with Gasteiger partial charge in [-0.05, 0) is 71.8 Å². The van der Waals surface area contributed by atoms with Gasteiger partial charge in [0.2, 0.25) is 0 Å². The first-order valence-corrected chi connectivity index (χ1v) is 11.7. The van der Waals surface area contributed by atoms with Gasteiger partial charge >= 0.3 is 0 Å². The van der Waals surface area contributed by atoms with Gasteiger partial charge in [-0.15, -0.1) is 11.3 Å². The molecule has 1 unspecified atom stereocenters. The van der Waals surface area contributed by atoms with E-state index >= 15 is 0 Å². The number of ether oxygens (including phenoxy) is 1. The Balaban J connectivity index is 1.95. The first-order chi connectivity index (χ1) is 16.0. The van der Waals surface area contributed by atoms with Crippen molar-refractivity contribution in [2.24, 2.45) is 0 Å². The number of rotatable bonds is 4. The quantitative estimate of drug-likeness (QED) is 0.278. The molecule has 2 heterocycles. The molecule has 1 atom stereocenters. The summed E-state index contributed by atoms with van der Waals surface area (Å²) >= 11 is 1.40. The van der Waals surface area contributed by atoms with Crippen LogP contribution in [0.15, 0.2) is 59.5 Å². The Morgan fingerprint density at radius 3 is 2.32 bits per heavy atom. The molecule has 1 saturated heterocycles. The summed E-state index contributed by atoms with van der Waals surface area (Å²) in [5.41, 5.74) is 2.26. The third-order valence-corrected chi connectivity index (χ3v) is 7.05. The fourth-order valence-electron chi connectivity index (χ4n) is 4.21. The number of aliphatic hydroxyl groups is 1. The van der Waals surface area contributed by atoms with Crippen LogP contribution < -0.4 is 9.64 Å². The molecule has 1 aliphatic rings. The number of hydrogen-bond donors (Lipinski definition) is 1. The topological polar surface area (TPSA) is 66.8 Å².